The van der Waals surface area contributed by atoms with E-state index < -0.39 is 54.8 Å². The van der Waals surface area contributed by atoms with Gasteiger partial charge in [-0.15, -0.1) is 0 Å². The van der Waals surface area contributed by atoms with Crippen LogP contribution in [0.5, 0.6) is 11.5 Å². The highest BCUT2D eigenvalue weighted by molar-refractivity contribution is 6.00. The maximum absolute atomic E-state index is 12.7. The number of hydrogen-bond donors (Lipinski definition) is 1. The van der Waals surface area contributed by atoms with Crippen molar-refractivity contribution in [3.05, 3.63) is 59.7 Å². The molecule has 2 aromatic carbocycles. The van der Waals surface area contributed by atoms with E-state index >= 15 is 0 Å². The fourth-order valence-corrected chi connectivity index (χ4v) is 3.92. The summed E-state index contributed by atoms with van der Waals surface area (Å²) in [7, 11) is 0. The number of Topliss-reactive ketones (excluding diaryl/α,β-unsaturated/α-hetero) is 1. The van der Waals surface area contributed by atoms with E-state index in [1.807, 2.05) is 6.07 Å². The molecule has 1 saturated heterocycles. The van der Waals surface area contributed by atoms with Crippen molar-refractivity contribution < 1.29 is 57.5 Å². The molecule has 0 aromatic heterocycles. The van der Waals surface area contributed by atoms with Gasteiger partial charge in [0.25, 0.3) is 0 Å². The summed E-state index contributed by atoms with van der Waals surface area (Å²) >= 11 is 0. The average molecular weight is 545 g/mol. The first-order chi connectivity index (χ1) is 18.4. The third-order valence-electron chi connectivity index (χ3n) is 5.37. The zero-order valence-corrected chi connectivity index (χ0v) is 21.7. The van der Waals surface area contributed by atoms with E-state index in [2.05, 4.69) is 0 Å². The monoisotopic (exact) mass is 544 g/mol. The molecule has 0 spiro atoms. The van der Waals surface area contributed by atoms with Gasteiger partial charge in [0.1, 0.15) is 11.5 Å². The number of carbonyl (C=O) groups is 5. The molecule has 12 heteroatoms. The molecule has 0 amide bonds. The van der Waals surface area contributed by atoms with E-state index in [4.69, 9.17) is 28.4 Å². The maximum atomic E-state index is 12.7. The summed E-state index contributed by atoms with van der Waals surface area (Å²) in [4.78, 5) is 60.0. The highest BCUT2D eigenvalue weighted by Gasteiger charge is 2.54. The quantitative estimate of drug-likeness (QED) is 0.279. The van der Waals surface area contributed by atoms with Crippen LogP contribution in [0.1, 0.15) is 43.6 Å². The summed E-state index contributed by atoms with van der Waals surface area (Å²) in [6.07, 6.45) is -7.64. The second kappa shape index (κ2) is 12.9. The highest BCUT2D eigenvalue weighted by Crippen LogP contribution is 2.33. The molecule has 0 bridgehead atoms. The van der Waals surface area contributed by atoms with E-state index in [9.17, 15) is 29.1 Å². The number of rotatable bonds is 9. The predicted molar refractivity (Wildman–Crippen MR) is 130 cm³/mol. The first-order valence-corrected chi connectivity index (χ1v) is 11.9. The number of benzene rings is 2. The van der Waals surface area contributed by atoms with Gasteiger partial charge in [-0.2, -0.15) is 0 Å². The molecule has 0 saturated carbocycles. The molecular weight excluding hydrogens is 516 g/mol. The average Bonchev–Trinajstić information content (AvgIpc) is 2.83. The minimum Gasteiger partial charge on any atom is -0.507 e. The van der Waals surface area contributed by atoms with Crippen molar-refractivity contribution in [2.75, 3.05) is 0 Å². The molecule has 1 aliphatic heterocycles. The van der Waals surface area contributed by atoms with Crippen molar-refractivity contribution >= 4 is 29.7 Å². The van der Waals surface area contributed by atoms with Crippen molar-refractivity contribution in [3.8, 4) is 11.5 Å². The molecule has 0 aliphatic carbocycles. The molecule has 208 valence electrons. The number of ketones is 1. The van der Waals surface area contributed by atoms with Gasteiger partial charge in [0.15, 0.2) is 11.9 Å². The Bertz CT molecular complexity index is 1220. The van der Waals surface area contributed by atoms with Gasteiger partial charge in [-0.3, -0.25) is 28.7 Å². The zero-order chi connectivity index (χ0) is 28.7. The predicted octanol–water partition coefficient (Wildman–Crippen LogP) is 2.24. The minimum absolute atomic E-state index is 0.0278. The summed E-state index contributed by atoms with van der Waals surface area (Å²) < 4.78 is 32.4. The number of ether oxygens (including phenoxy) is 6. The number of carbonyl (C=O) groups excluding carboxylic acids is 5. The van der Waals surface area contributed by atoms with Gasteiger partial charge in [-0.1, -0.05) is 30.3 Å². The van der Waals surface area contributed by atoms with Crippen LogP contribution >= 0.6 is 0 Å². The summed E-state index contributed by atoms with van der Waals surface area (Å²) in [6, 6.07) is 12.8. The maximum Gasteiger partial charge on any atom is 0.305 e. The third kappa shape index (κ3) is 8.01. The summed E-state index contributed by atoms with van der Waals surface area (Å²) in [6.45, 7) is 4.31. The molecule has 1 N–H and O–H groups in total. The van der Waals surface area contributed by atoms with Gasteiger partial charge in [-0.05, 0) is 17.7 Å². The van der Waals surface area contributed by atoms with Crippen LogP contribution in [0.3, 0.4) is 0 Å². The summed E-state index contributed by atoms with van der Waals surface area (Å²) in [5.74, 6) is -4.03. The van der Waals surface area contributed by atoms with Crippen LogP contribution < -0.4 is 4.74 Å². The van der Waals surface area contributed by atoms with Crippen molar-refractivity contribution in [3.63, 3.8) is 0 Å². The lowest BCUT2D eigenvalue weighted by Crippen LogP contribution is -2.63. The van der Waals surface area contributed by atoms with E-state index in [1.54, 1.807) is 24.3 Å². The Balaban J connectivity index is 1.91. The molecule has 5 unspecified atom stereocenters. The molecule has 1 heterocycles. The standard InChI is InChI=1S/C27H28O12/c1-14(28)34-23-24(35-15(2)29)26(37-17(4)31)39-27(25(23)36-16(3)30)38-19-10-11-20(22(33)13-19)21(32)12-18-8-6-5-7-9-18/h5-11,13,23-27,33H,12H2,1-4H3. The van der Waals surface area contributed by atoms with Gasteiger partial charge in [0.05, 0.1) is 5.56 Å². The lowest BCUT2D eigenvalue weighted by Gasteiger charge is -2.43. The van der Waals surface area contributed by atoms with Crippen LogP contribution in [0.4, 0.5) is 0 Å². The lowest BCUT2D eigenvalue weighted by atomic mass is 10.0. The molecule has 12 nitrogen and oxygen atoms in total. The van der Waals surface area contributed by atoms with Crippen molar-refractivity contribution in [2.45, 2.75) is 65.0 Å². The van der Waals surface area contributed by atoms with Crippen LogP contribution in [0.2, 0.25) is 0 Å². The van der Waals surface area contributed by atoms with E-state index in [-0.39, 0.29) is 29.3 Å². The molecule has 5 atom stereocenters. The van der Waals surface area contributed by atoms with Crippen molar-refractivity contribution in [2.24, 2.45) is 0 Å². The lowest BCUT2D eigenvalue weighted by molar-refractivity contribution is -0.328. The van der Waals surface area contributed by atoms with Gasteiger partial charge in [-0.25, -0.2) is 0 Å². The fraction of sp³-hybridized carbons (Fsp3) is 0.370. The molecular formula is C27H28O12. The van der Waals surface area contributed by atoms with E-state index in [0.717, 1.165) is 39.3 Å². The summed E-state index contributed by atoms with van der Waals surface area (Å²) in [5.41, 5.74) is 0.801. The number of hydrogen-bond acceptors (Lipinski definition) is 12. The van der Waals surface area contributed by atoms with Gasteiger partial charge in [0.2, 0.25) is 24.8 Å². The molecule has 2 aromatic rings. The van der Waals surface area contributed by atoms with E-state index in [1.165, 1.54) is 12.1 Å². The number of phenols is 1. The van der Waals surface area contributed by atoms with Crippen molar-refractivity contribution in [1.82, 2.24) is 0 Å². The van der Waals surface area contributed by atoms with Gasteiger partial charge < -0.3 is 28.8 Å². The first-order valence-electron chi connectivity index (χ1n) is 11.9. The third-order valence-corrected chi connectivity index (χ3v) is 5.37. The molecule has 1 fully saturated rings. The van der Waals surface area contributed by atoms with Crippen LogP contribution in [-0.4, -0.2) is 65.7 Å². The van der Waals surface area contributed by atoms with Crippen molar-refractivity contribution in [1.29, 1.82) is 0 Å². The molecule has 39 heavy (non-hydrogen) atoms. The first kappa shape index (κ1) is 29.1. The van der Waals surface area contributed by atoms with Crippen LogP contribution in [0.25, 0.3) is 0 Å². The normalized spacial score (nSPS) is 22.2. The molecule has 1 aliphatic rings. The largest absolute Gasteiger partial charge is 0.507 e. The SMILES string of the molecule is CC(=O)OC1OC(Oc2ccc(C(=O)Cc3ccccc3)c(O)c2)C(OC(C)=O)C(OC(C)=O)C1OC(C)=O. The van der Waals surface area contributed by atoms with Crippen LogP contribution in [0.15, 0.2) is 48.5 Å². The van der Waals surface area contributed by atoms with Crippen LogP contribution in [-0.2, 0) is 49.3 Å². The second-order valence-electron chi connectivity index (χ2n) is 8.59. The Morgan fingerprint density at radius 2 is 1.26 bits per heavy atom. The fourth-order valence-electron chi connectivity index (χ4n) is 3.92. The van der Waals surface area contributed by atoms with Crippen LogP contribution in [0, 0.1) is 0 Å². The highest BCUT2D eigenvalue weighted by atomic mass is 16.8. The van der Waals surface area contributed by atoms with Gasteiger partial charge in [0, 0.05) is 40.2 Å². The topological polar surface area (TPSA) is 161 Å². The Labute approximate surface area is 223 Å². The molecule has 3 rings (SSSR count). The van der Waals surface area contributed by atoms with E-state index in [0.29, 0.717) is 0 Å². The Hall–Kier alpha value is -4.45. The summed E-state index contributed by atoms with van der Waals surface area (Å²) in [5, 5.41) is 10.5. The smallest absolute Gasteiger partial charge is 0.305 e. The Morgan fingerprint density at radius 3 is 1.79 bits per heavy atom. The number of phenolic OH excluding ortho intramolecular Hbond substituents is 1. The zero-order valence-electron chi connectivity index (χ0n) is 21.7. The second-order valence-corrected chi connectivity index (χ2v) is 8.59. The Morgan fingerprint density at radius 1 is 0.718 bits per heavy atom. The number of aromatic hydroxyl groups is 1. The Kier molecular flexibility index (Phi) is 9.61. The molecule has 0 radical (unpaired) electrons. The van der Waals surface area contributed by atoms with Gasteiger partial charge >= 0.3 is 23.9 Å². The minimum atomic E-state index is -1.62. The number of esters is 4.